The van der Waals surface area contributed by atoms with Gasteiger partial charge in [-0.05, 0) is 37.2 Å². The third kappa shape index (κ3) is 4.13. The van der Waals surface area contributed by atoms with Gasteiger partial charge < -0.3 is 4.90 Å². The van der Waals surface area contributed by atoms with E-state index >= 15 is 0 Å². The lowest BCUT2D eigenvalue weighted by Crippen LogP contribution is -2.36. The summed E-state index contributed by atoms with van der Waals surface area (Å²) >= 11 is 0. The van der Waals surface area contributed by atoms with Crippen LogP contribution in [0.5, 0.6) is 0 Å². The van der Waals surface area contributed by atoms with Crippen molar-refractivity contribution in [3.05, 3.63) is 42.2 Å². The molecule has 1 saturated heterocycles. The lowest BCUT2D eigenvalue weighted by molar-refractivity contribution is 0.213. The van der Waals surface area contributed by atoms with Crippen LogP contribution in [0.4, 0.5) is 10.7 Å². The van der Waals surface area contributed by atoms with E-state index in [0.717, 1.165) is 45.3 Å². The van der Waals surface area contributed by atoms with Gasteiger partial charge in [-0.15, -0.1) is 5.10 Å². The molecule has 1 atom stereocenters. The quantitative estimate of drug-likeness (QED) is 0.935. The molecule has 1 aliphatic rings. The maximum atomic E-state index is 12.5. The van der Waals surface area contributed by atoms with Gasteiger partial charge in [-0.25, -0.2) is 9.78 Å². The molecule has 1 aliphatic heterocycles. The number of urea groups is 1. The third-order valence-corrected chi connectivity index (χ3v) is 4.49. The van der Waals surface area contributed by atoms with E-state index in [9.17, 15) is 4.79 Å². The summed E-state index contributed by atoms with van der Waals surface area (Å²) in [6.07, 6.45) is 5.79. The molecule has 2 heterocycles. The second-order valence-corrected chi connectivity index (χ2v) is 6.29. The molecule has 1 aromatic heterocycles. The van der Waals surface area contributed by atoms with E-state index in [0.29, 0.717) is 11.9 Å². The van der Waals surface area contributed by atoms with Crippen LogP contribution in [0.15, 0.2) is 36.7 Å². The number of carbonyl (C=O) groups is 1. The molecule has 0 aliphatic carbocycles. The summed E-state index contributed by atoms with van der Waals surface area (Å²) in [6.45, 7) is 4.44. The van der Waals surface area contributed by atoms with E-state index in [1.807, 2.05) is 11.0 Å². The first-order valence-electron chi connectivity index (χ1n) is 8.76. The summed E-state index contributed by atoms with van der Waals surface area (Å²) in [5.74, 6) is 0.920. The molecule has 3 rings (SSSR count). The van der Waals surface area contributed by atoms with Crippen LogP contribution in [-0.4, -0.2) is 38.8 Å². The summed E-state index contributed by atoms with van der Waals surface area (Å²) in [5, 5.41) is 7.08. The number of likely N-dealkylation sites (tertiary alicyclic amines) is 1. The molecule has 1 N–H and O–H groups in total. The normalized spacial score (nSPS) is 18.2. The molecule has 24 heavy (non-hydrogen) atoms. The van der Waals surface area contributed by atoms with Crippen molar-refractivity contribution in [1.82, 2.24) is 19.7 Å². The predicted octanol–water partition coefficient (Wildman–Crippen LogP) is 3.49. The van der Waals surface area contributed by atoms with Crippen molar-refractivity contribution >= 4 is 12.0 Å². The Balaban J connectivity index is 1.56. The van der Waals surface area contributed by atoms with Gasteiger partial charge in [0.1, 0.15) is 6.33 Å². The molecule has 0 unspecified atom stereocenters. The highest BCUT2D eigenvalue weighted by molar-refractivity contribution is 5.87. The fourth-order valence-corrected chi connectivity index (χ4v) is 3.22. The number of rotatable bonds is 4. The number of nitrogens with one attached hydrogen (secondary N) is 1. The van der Waals surface area contributed by atoms with Gasteiger partial charge >= 0.3 is 6.03 Å². The summed E-state index contributed by atoms with van der Waals surface area (Å²) < 4.78 is 1.75. The van der Waals surface area contributed by atoms with E-state index < -0.39 is 0 Å². The minimum Gasteiger partial charge on any atom is -0.324 e. The number of nitrogens with zero attached hydrogens (tertiary/aromatic N) is 4. The van der Waals surface area contributed by atoms with Crippen molar-refractivity contribution in [2.24, 2.45) is 0 Å². The van der Waals surface area contributed by atoms with Crippen molar-refractivity contribution < 1.29 is 4.79 Å². The fraction of sp³-hybridized carbons (Fsp3) is 0.500. The van der Waals surface area contributed by atoms with Gasteiger partial charge in [-0.2, -0.15) is 0 Å². The number of anilines is 1. The van der Waals surface area contributed by atoms with Crippen molar-refractivity contribution in [3.63, 3.8) is 0 Å². The highest BCUT2D eigenvalue weighted by atomic mass is 16.2. The Morgan fingerprint density at radius 3 is 2.88 bits per heavy atom. The average molecular weight is 327 g/mol. The van der Waals surface area contributed by atoms with Gasteiger partial charge in [0.05, 0.1) is 0 Å². The third-order valence-electron chi connectivity index (χ3n) is 4.49. The predicted molar refractivity (Wildman–Crippen MR) is 93.9 cm³/mol. The van der Waals surface area contributed by atoms with Crippen LogP contribution in [0.25, 0.3) is 0 Å². The summed E-state index contributed by atoms with van der Waals surface area (Å²) in [6, 6.07) is 10.5. The summed E-state index contributed by atoms with van der Waals surface area (Å²) in [5.41, 5.74) is 1.37. The van der Waals surface area contributed by atoms with E-state index in [1.165, 1.54) is 5.56 Å². The molecule has 0 radical (unpaired) electrons. The zero-order valence-electron chi connectivity index (χ0n) is 14.2. The maximum Gasteiger partial charge on any atom is 0.324 e. The molecule has 128 valence electrons. The van der Waals surface area contributed by atoms with Crippen LogP contribution in [0.2, 0.25) is 0 Å². The second-order valence-electron chi connectivity index (χ2n) is 6.29. The Hall–Kier alpha value is -2.37. The van der Waals surface area contributed by atoms with Crippen molar-refractivity contribution in [2.45, 2.75) is 45.1 Å². The molecule has 2 aromatic rings. The first-order valence-corrected chi connectivity index (χ1v) is 8.76. The van der Waals surface area contributed by atoms with Crippen molar-refractivity contribution in [2.75, 3.05) is 18.4 Å². The lowest BCUT2D eigenvalue weighted by atomic mass is 9.92. The zero-order chi connectivity index (χ0) is 16.8. The Bertz CT molecular complexity index is 654. The standard InChI is InChI=1S/C18H25N5O/c1-2-11-23-14-19-17(21-23)20-18(24)22-12-6-9-16(10-13-22)15-7-4-3-5-8-15/h3-5,7-8,14,16H,2,6,9-13H2,1H3,(H,20,21,24)/t16-/m0/s1. The van der Waals surface area contributed by atoms with Gasteiger partial charge in [-0.1, -0.05) is 37.3 Å². The second kappa shape index (κ2) is 7.95. The minimum atomic E-state index is -0.0991. The van der Waals surface area contributed by atoms with E-state index in [1.54, 1.807) is 11.0 Å². The first-order chi connectivity index (χ1) is 11.8. The van der Waals surface area contributed by atoms with E-state index in [4.69, 9.17) is 0 Å². The smallest absolute Gasteiger partial charge is 0.324 e. The number of hydrogen-bond acceptors (Lipinski definition) is 3. The number of amides is 2. The number of aromatic nitrogens is 3. The molecule has 6 nitrogen and oxygen atoms in total. The van der Waals surface area contributed by atoms with Crippen LogP contribution in [0, 0.1) is 0 Å². The van der Waals surface area contributed by atoms with Crippen LogP contribution in [-0.2, 0) is 6.54 Å². The molecule has 0 spiro atoms. The van der Waals surface area contributed by atoms with E-state index in [-0.39, 0.29) is 6.03 Å². The molecule has 0 bridgehead atoms. The highest BCUT2D eigenvalue weighted by Crippen LogP contribution is 2.27. The van der Waals surface area contributed by atoms with Crippen LogP contribution < -0.4 is 5.32 Å². The maximum absolute atomic E-state index is 12.5. The zero-order valence-corrected chi connectivity index (χ0v) is 14.2. The molecular formula is C18H25N5O. The number of hydrogen-bond donors (Lipinski definition) is 1. The first kappa shape index (κ1) is 16.5. The Labute approximate surface area is 142 Å². The van der Waals surface area contributed by atoms with Crippen LogP contribution in [0.1, 0.15) is 44.1 Å². The van der Waals surface area contributed by atoms with E-state index in [2.05, 4.69) is 46.6 Å². The van der Waals surface area contributed by atoms with Gasteiger partial charge in [0.2, 0.25) is 5.95 Å². The highest BCUT2D eigenvalue weighted by Gasteiger charge is 2.22. The number of benzene rings is 1. The SMILES string of the molecule is CCCn1cnc(NC(=O)N2CCC[C@H](c3ccccc3)CC2)n1. The van der Waals surface area contributed by atoms with Gasteiger partial charge in [0.25, 0.3) is 0 Å². The summed E-state index contributed by atoms with van der Waals surface area (Å²) in [4.78, 5) is 18.5. The molecule has 2 amide bonds. The Morgan fingerprint density at radius 1 is 1.25 bits per heavy atom. The Morgan fingerprint density at radius 2 is 2.08 bits per heavy atom. The Kier molecular flexibility index (Phi) is 5.46. The summed E-state index contributed by atoms with van der Waals surface area (Å²) in [7, 11) is 0. The lowest BCUT2D eigenvalue weighted by Gasteiger charge is -2.20. The van der Waals surface area contributed by atoms with Gasteiger partial charge in [0, 0.05) is 19.6 Å². The fourth-order valence-electron chi connectivity index (χ4n) is 3.22. The molecule has 1 aromatic carbocycles. The number of aryl methyl sites for hydroxylation is 1. The van der Waals surface area contributed by atoms with Gasteiger partial charge in [-0.3, -0.25) is 10.00 Å². The average Bonchev–Trinajstić information content (AvgIpc) is 2.89. The molecule has 1 fully saturated rings. The number of carbonyl (C=O) groups excluding carboxylic acids is 1. The monoisotopic (exact) mass is 327 g/mol. The molecule has 0 saturated carbocycles. The minimum absolute atomic E-state index is 0.0991. The topological polar surface area (TPSA) is 63.1 Å². The van der Waals surface area contributed by atoms with Gasteiger partial charge in [0.15, 0.2) is 0 Å². The largest absolute Gasteiger partial charge is 0.324 e. The van der Waals surface area contributed by atoms with Crippen molar-refractivity contribution in [1.29, 1.82) is 0 Å². The van der Waals surface area contributed by atoms with Crippen molar-refractivity contribution in [3.8, 4) is 0 Å². The van der Waals surface area contributed by atoms with Crippen LogP contribution >= 0.6 is 0 Å². The molecule has 6 heteroatoms. The van der Waals surface area contributed by atoms with Crippen LogP contribution in [0.3, 0.4) is 0 Å². The molecular weight excluding hydrogens is 302 g/mol.